The van der Waals surface area contributed by atoms with Crippen LogP contribution in [0.15, 0.2) is 42.5 Å². The third kappa shape index (κ3) is 1.67. The lowest BCUT2D eigenvalue weighted by atomic mass is 10.1. The lowest BCUT2D eigenvalue weighted by molar-refractivity contribution is 1.28. The second kappa shape index (κ2) is 3.64. The van der Waals surface area contributed by atoms with E-state index in [1.807, 2.05) is 42.5 Å². The molecule has 0 unspecified atom stereocenters. The van der Waals surface area contributed by atoms with Crippen molar-refractivity contribution in [1.29, 1.82) is 0 Å². The standard InChI is InChI=1S/C11H9N2S/c12-11(14)13-10-7-3-5-8-4-1-2-6-9(8)10/h1-7H,(H2,12,14). The summed E-state index contributed by atoms with van der Waals surface area (Å²) in [5, 5.41) is 6.48. The molecule has 14 heavy (non-hydrogen) atoms. The van der Waals surface area contributed by atoms with Crippen LogP contribution in [0, 0.1) is 0 Å². The van der Waals surface area contributed by atoms with Crippen LogP contribution < -0.4 is 11.1 Å². The van der Waals surface area contributed by atoms with Crippen molar-refractivity contribution in [3.8, 4) is 0 Å². The molecule has 0 fully saturated rings. The molecule has 2 aromatic carbocycles. The van der Waals surface area contributed by atoms with E-state index in [4.69, 9.17) is 18.0 Å². The summed E-state index contributed by atoms with van der Waals surface area (Å²) in [6.45, 7) is 0. The van der Waals surface area contributed by atoms with Crippen LogP contribution in [0.1, 0.15) is 0 Å². The zero-order valence-electron chi connectivity index (χ0n) is 7.47. The summed E-state index contributed by atoms with van der Waals surface area (Å²) in [7, 11) is 0. The predicted octanol–water partition coefficient (Wildman–Crippen LogP) is 2.32. The molecule has 0 spiro atoms. The first-order chi connectivity index (χ1) is 6.77. The minimum atomic E-state index is 0.168. The Labute approximate surface area is 87.7 Å². The summed E-state index contributed by atoms with van der Waals surface area (Å²) in [5.41, 5.74) is 6.21. The van der Waals surface area contributed by atoms with E-state index in [1.165, 1.54) is 0 Å². The van der Waals surface area contributed by atoms with Gasteiger partial charge in [-0.3, -0.25) is 0 Å². The van der Waals surface area contributed by atoms with Crippen LogP contribution in [0.4, 0.5) is 5.69 Å². The van der Waals surface area contributed by atoms with Crippen molar-refractivity contribution in [1.82, 2.24) is 5.32 Å². The monoisotopic (exact) mass is 201 g/mol. The molecular formula is C11H9N2S. The molecule has 0 aliphatic rings. The molecule has 2 rings (SSSR count). The molecule has 0 aliphatic carbocycles. The Kier molecular flexibility index (Phi) is 2.33. The molecule has 0 aliphatic heterocycles. The number of thiocarbonyl (C=S) groups is 1. The van der Waals surface area contributed by atoms with Gasteiger partial charge in [-0.05, 0) is 23.7 Å². The molecule has 0 heterocycles. The maximum atomic E-state index is 5.38. The number of rotatable bonds is 1. The zero-order chi connectivity index (χ0) is 9.97. The second-order valence-corrected chi connectivity index (χ2v) is 3.37. The number of fused-ring (bicyclic) bond motifs is 1. The van der Waals surface area contributed by atoms with Gasteiger partial charge < -0.3 is 5.73 Å². The van der Waals surface area contributed by atoms with Gasteiger partial charge in [0.05, 0.1) is 5.69 Å². The fourth-order valence-electron chi connectivity index (χ4n) is 1.42. The third-order valence-corrected chi connectivity index (χ3v) is 2.09. The van der Waals surface area contributed by atoms with E-state index in [-0.39, 0.29) is 5.11 Å². The number of nitrogens with zero attached hydrogens (tertiary/aromatic N) is 1. The summed E-state index contributed by atoms with van der Waals surface area (Å²) >= 11 is 4.75. The van der Waals surface area contributed by atoms with Gasteiger partial charge in [0.25, 0.3) is 0 Å². The third-order valence-electron chi connectivity index (χ3n) is 2.00. The van der Waals surface area contributed by atoms with Crippen LogP contribution in [-0.4, -0.2) is 5.11 Å². The topological polar surface area (TPSA) is 40.1 Å². The van der Waals surface area contributed by atoms with Crippen LogP contribution in [0.5, 0.6) is 0 Å². The van der Waals surface area contributed by atoms with E-state index in [1.54, 1.807) is 0 Å². The minimum absolute atomic E-state index is 0.168. The highest BCUT2D eigenvalue weighted by atomic mass is 32.1. The fourth-order valence-corrected chi connectivity index (χ4v) is 1.52. The Bertz CT molecular complexity index is 474. The van der Waals surface area contributed by atoms with Gasteiger partial charge in [0.2, 0.25) is 0 Å². The quantitative estimate of drug-likeness (QED) is 0.719. The SMILES string of the molecule is NC(=S)[N]c1cccc2ccccc12. The molecule has 0 bridgehead atoms. The number of benzene rings is 2. The summed E-state index contributed by atoms with van der Waals surface area (Å²) in [4.78, 5) is 0. The average molecular weight is 201 g/mol. The second-order valence-electron chi connectivity index (χ2n) is 2.95. The highest BCUT2D eigenvalue weighted by Gasteiger charge is 2.01. The van der Waals surface area contributed by atoms with E-state index < -0.39 is 0 Å². The van der Waals surface area contributed by atoms with Crippen LogP contribution >= 0.6 is 12.2 Å². The van der Waals surface area contributed by atoms with Gasteiger partial charge in [-0.25, -0.2) is 5.32 Å². The Morgan fingerprint density at radius 1 is 1.07 bits per heavy atom. The largest absolute Gasteiger partial charge is 0.374 e. The van der Waals surface area contributed by atoms with E-state index in [2.05, 4.69) is 5.32 Å². The maximum absolute atomic E-state index is 5.38. The molecule has 0 amide bonds. The van der Waals surface area contributed by atoms with Gasteiger partial charge in [-0.1, -0.05) is 36.4 Å². The summed E-state index contributed by atoms with van der Waals surface area (Å²) in [6.07, 6.45) is 0. The Hall–Kier alpha value is -1.61. The molecule has 0 saturated carbocycles. The van der Waals surface area contributed by atoms with Gasteiger partial charge in [0.15, 0.2) is 5.11 Å². The average Bonchev–Trinajstić information content (AvgIpc) is 2.18. The molecule has 2 aromatic rings. The number of hydrogen-bond acceptors (Lipinski definition) is 1. The molecule has 3 heteroatoms. The highest BCUT2D eigenvalue weighted by molar-refractivity contribution is 7.80. The first-order valence-corrected chi connectivity index (χ1v) is 4.67. The van der Waals surface area contributed by atoms with E-state index in [9.17, 15) is 0 Å². The van der Waals surface area contributed by atoms with Crippen LogP contribution in [0.2, 0.25) is 0 Å². The molecule has 0 saturated heterocycles. The smallest absolute Gasteiger partial charge is 0.190 e. The highest BCUT2D eigenvalue weighted by Crippen LogP contribution is 2.22. The number of hydrogen-bond donors (Lipinski definition) is 1. The van der Waals surface area contributed by atoms with Crippen molar-refractivity contribution < 1.29 is 0 Å². The van der Waals surface area contributed by atoms with Crippen LogP contribution in [0.3, 0.4) is 0 Å². The van der Waals surface area contributed by atoms with Gasteiger partial charge in [-0.2, -0.15) is 0 Å². The predicted molar refractivity (Wildman–Crippen MR) is 62.5 cm³/mol. The maximum Gasteiger partial charge on any atom is 0.190 e. The first kappa shape index (κ1) is 8.97. The molecule has 69 valence electrons. The molecular weight excluding hydrogens is 192 g/mol. The lowest BCUT2D eigenvalue weighted by Gasteiger charge is -2.04. The van der Waals surface area contributed by atoms with E-state index in [0.29, 0.717) is 0 Å². The summed E-state index contributed by atoms with van der Waals surface area (Å²) < 4.78 is 0. The molecule has 2 N–H and O–H groups in total. The van der Waals surface area contributed by atoms with Crippen molar-refractivity contribution >= 4 is 33.8 Å². The van der Waals surface area contributed by atoms with Crippen molar-refractivity contribution in [2.24, 2.45) is 5.73 Å². The van der Waals surface area contributed by atoms with Gasteiger partial charge in [0.1, 0.15) is 0 Å². The molecule has 1 radical (unpaired) electrons. The summed E-state index contributed by atoms with van der Waals surface area (Å²) in [6, 6.07) is 13.9. The van der Waals surface area contributed by atoms with Crippen LogP contribution in [-0.2, 0) is 0 Å². The van der Waals surface area contributed by atoms with Gasteiger partial charge in [0, 0.05) is 5.39 Å². The molecule has 2 nitrogen and oxygen atoms in total. The number of nitrogens with two attached hydrogens (primary N) is 1. The Morgan fingerprint density at radius 3 is 2.57 bits per heavy atom. The minimum Gasteiger partial charge on any atom is -0.374 e. The van der Waals surface area contributed by atoms with Crippen molar-refractivity contribution in [2.45, 2.75) is 0 Å². The van der Waals surface area contributed by atoms with Gasteiger partial charge in [-0.15, -0.1) is 0 Å². The Morgan fingerprint density at radius 2 is 1.79 bits per heavy atom. The van der Waals surface area contributed by atoms with Crippen molar-refractivity contribution in [3.63, 3.8) is 0 Å². The van der Waals surface area contributed by atoms with E-state index in [0.717, 1.165) is 16.5 Å². The first-order valence-electron chi connectivity index (χ1n) is 4.26. The fraction of sp³-hybridized carbons (Fsp3) is 0. The van der Waals surface area contributed by atoms with E-state index >= 15 is 0 Å². The lowest BCUT2D eigenvalue weighted by Crippen LogP contribution is -2.17. The normalized spacial score (nSPS) is 10.0. The Balaban J connectivity index is 2.59. The molecule has 0 aromatic heterocycles. The van der Waals surface area contributed by atoms with Crippen LogP contribution in [0.25, 0.3) is 10.8 Å². The molecule has 0 atom stereocenters. The summed E-state index contributed by atoms with van der Waals surface area (Å²) in [5.74, 6) is 0. The van der Waals surface area contributed by atoms with Crippen molar-refractivity contribution in [3.05, 3.63) is 42.5 Å². The van der Waals surface area contributed by atoms with Gasteiger partial charge >= 0.3 is 0 Å². The van der Waals surface area contributed by atoms with Crippen molar-refractivity contribution in [2.75, 3.05) is 0 Å². The zero-order valence-corrected chi connectivity index (χ0v) is 8.29.